The second kappa shape index (κ2) is 7.99. The van der Waals surface area contributed by atoms with Gasteiger partial charge in [-0.1, -0.05) is 35.3 Å². The van der Waals surface area contributed by atoms with E-state index in [9.17, 15) is 4.79 Å². The number of amides is 1. The summed E-state index contributed by atoms with van der Waals surface area (Å²) in [7, 11) is 0. The molecule has 2 aromatic rings. The summed E-state index contributed by atoms with van der Waals surface area (Å²) in [5.41, 5.74) is 5.00. The van der Waals surface area contributed by atoms with Gasteiger partial charge in [-0.25, -0.2) is 5.43 Å². The topological polar surface area (TPSA) is 50.7 Å². The summed E-state index contributed by atoms with van der Waals surface area (Å²) in [4.78, 5) is 11.7. The van der Waals surface area contributed by atoms with E-state index >= 15 is 0 Å². The number of rotatable bonds is 5. The maximum Gasteiger partial charge on any atom is 0.277 e. The fourth-order valence-electron chi connectivity index (χ4n) is 1.94. The molecule has 0 saturated carbocycles. The summed E-state index contributed by atoms with van der Waals surface area (Å²) in [6.07, 6.45) is 1.51. The van der Waals surface area contributed by atoms with E-state index in [2.05, 4.69) is 10.5 Å². The van der Waals surface area contributed by atoms with Crippen LogP contribution in [0.3, 0.4) is 0 Å². The Balaban J connectivity index is 1.86. The molecule has 0 aliphatic rings. The molecule has 0 saturated heterocycles. The zero-order valence-electron chi connectivity index (χ0n) is 12.8. The molecule has 23 heavy (non-hydrogen) atoms. The van der Waals surface area contributed by atoms with Gasteiger partial charge in [-0.15, -0.1) is 0 Å². The highest BCUT2D eigenvalue weighted by Crippen LogP contribution is 2.25. The molecule has 6 heteroatoms. The Morgan fingerprint density at radius 3 is 2.57 bits per heavy atom. The second-order valence-corrected chi connectivity index (χ2v) is 5.82. The van der Waals surface area contributed by atoms with Crippen LogP contribution in [0.4, 0.5) is 0 Å². The summed E-state index contributed by atoms with van der Waals surface area (Å²) in [5.74, 6) is 0.243. The Hall–Kier alpha value is -2.04. The zero-order valence-corrected chi connectivity index (χ0v) is 14.3. The van der Waals surface area contributed by atoms with Gasteiger partial charge in [0.15, 0.2) is 6.61 Å². The highest BCUT2D eigenvalue weighted by atomic mass is 35.5. The third-order valence-corrected chi connectivity index (χ3v) is 3.86. The predicted molar refractivity (Wildman–Crippen MR) is 93.6 cm³/mol. The van der Waals surface area contributed by atoms with Crippen LogP contribution in [-0.2, 0) is 4.79 Å². The molecule has 0 fully saturated rings. The summed E-state index contributed by atoms with van der Waals surface area (Å²) in [6.45, 7) is 3.64. The monoisotopic (exact) mass is 350 g/mol. The molecule has 2 rings (SSSR count). The van der Waals surface area contributed by atoms with E-state index in [0.717, 1.165) is 16.7 Å². The number of carbonyl (C=O) groups excluding carboxylic acids is 1. The largest absolute Gasteiger partial charge is 0.484 e. The highest BCUT2D eigenvalue weighted by molar-refractivity contribution is 6.32. The number of hydrazone groups is 1. The van der Waals surface area contributed by atoms with Gasteiger partial charge >= 0.3 is 0 Å². The van der Waals surface area contributed by atoms with Crippen molar-refractivity contribution in [3.05, 3.63) is 63.1 Å². The molecule has 1 N–H and O–H groups in total. The number of aryl methyl sites for hydroxylation is 2. The van der Waals surface area contributed by atoms with Gasteiger partial charge < -0.3 is 4.74 Å². The number of halogens is 2. The lowest BCUT2D eigenvalue weighted by Gasteiger charge is -2.09. The normalized spacial score (nSPS) is 10.8. The van der Waals surface area contributed by atoms with Gasteiger partial charge in [0, 0.05) is 10.0 Å². The van der Waals surface area contributed by atoms with E-state index in [0.29, 0.717) is 15.8 Å². The van der Waals surface area contributed by atoms with Crippen LogP contribution in [0.2, 0.25) is 10.0 Å². The fraction of sp³-hybridized carbons (Fsp3) is 0.176. The minimum atomic E-state index is -0.353. The van der Waals surface area contributed by atoms with Gasteiger partial charge in [0.25, 0.3) is 5.91 Å². The molecule has 0 heterocycles. The lowest BCUT2D eigenvalue weighted by atomic mass is 10.1. The number of benzene rings is 2. The van der Waals surface area contributed by atoms with Crippen LogP contribution in [0.15, 0.2) is 41.5 Å². The van der Waals surface area contributed by atoms with Crippen molar-refractivity contribution in [1.82, 2.24) is 5.43 Å². The van der Waals surface area contributed by atoms with Gasteiger partial charge in [0.2, 0.25) is 0 Å². The summed E-state index contributed by atoms with van der Waals surface area (Å²) in [6, 6.07) is 10.7. The Bertz CT molecular complexity index is 722. The van der Waals surface area contributed by atoms with Crippen LogP contribution in [0, 0.1) is 13.8 Å². The van der Waals surface area contributed by atoms with Crippen LogP contribution in [0.25, 0.3) is 0 Å². The van der Waals surface area contributed by atoms with Crippen molar-refractivity contribution < 1.29 is 9.53 Å². The molecule has 0 radical (unpaired) electrons. The average Bonchev–Trinajstić information content (AvgIpc) is 2.50. The first-order valence-corrected chi connectivity index (χ1v) is 7.68. The number of nitrogens with zero attached hydrogens (tertiary/aromatic N) is 1. The van der Waals surface area contributed by atoms with Crippen LogP contribution in [-0.4, -0.2) is 18.7 Å². The van der Waals surface area contributed by atoms with Crippen molar-refractivity contribution in [2.45, 2.75) is 13.8 Å². The molecule has 1 amide bonds. The van der Waals surface area contributed by atoms with Crippen LogP contribution < -0.4 is 10.2 Å². The standard InChI is InChI=1S/C17H16Cl2N2O2/c1-11-6-15(7-12(2)17(11)19)23-10-16(22)21-20-9-13-4-3-5-14(18)8-13/h3-9H,10H2,1-2H3,(H,21,22). The predicted octanol–water partition coefficient (Wildman–Crippen LogP) is 4.14. The molecule has 0 unspecified atom stereocenters. The third-order valence-electron chi connectivity index (χ3n) is 3.03. The molecule has 0 atom stereocenters. The molecule has 2 aromatic carbocycles. The minimum Gasteiger partial charge on any atom is -0.484 e. The molecule has 0 aromatic heterocycles. The van der Waals surface area contributed by atoms with Gasteiger partial charge in [-0.05, 0) is 54.8 Å². The van der Waals surface area contributed by atoms with Crippen LogP contribution >= 0.6 is 23.2 Å². The van der Waals surface area contributed by atoms with Crippen molar-refractivity contribution in [3.8, 4) is 5.75 Å². The zero-order chi connectivity index (χ0) is 16.8. The van der Waals surface area contributed by atoms with Crippen molar-refractivity contribution in [1.29, 1.82) is 0 Å². The minimum absolute atomic E-state index is 0.132. The van der Waals surface area contributed by atoms with E-state index in [1.54, 1.807) is 30.3 Å². The molecule has 120 valence electrons. The molecule has 0 aliphatic heterocycles. The van der Waals surface area contributed by atoms with E-state index in [1.165, 1.54) is 6.21 Å². The second-order valence-electron chi connectivity index (χ2n) is 5.01. The molecular formula is C17H16Cl2N2O2. The van der Waals surface area contributed by atoms with Crippen molar-refractivity contribution in [2.75, 3.05) is 6.61 Å². The Kier molecular flexibility index (Phi) is 6.02. The maximum absolute atomic E-state index is 11.7. The summed E-state index contributed by atoms with van der Waals surface area (Å²) in [5, 5.41) is 5.17. The smallest absolute Gasteiger partial charge is 0.277 e. The molecule has 4 nitrogen and oxygen atoms in total. The van der Waals surface area contributed by atoms with Crippen molar-refractivity contribution >= 4 is 35.3 Å². The van der Waals surface area contributed by atoms with Crippen LogP contribution in [0.1, 0.15) is 16.7 Å². The van der Waals surface area contributed by atoms with E-state index in [-0.39, 0.29) is 12.5 Å². The number of ether oxygens (including phenoxy) is 1. The molecule has 0 spiro atoms. The maximum atomic E-state index is 11.7. The molecule has 0 bridgehead atoms. The molecular weight excluding hydrogens is 335 g/mol. The van der Waals surface area contributed by atoms with Crippen LogP contribution in [0.5, 0.6) is 5.75 Å². The third kappa shape index (κ3) is 5.27. The number of hydrogen-bond donors (Lipinski definition) is 1. The van der Waals surface area contributed by atoms with Crippen molar-refractivity contribution in [2.24, 2.45) is 5.10 Å². The SMILES string of the molecule is Cc1cc(OCC(=O)NN=Cc2cccc(Cl)c2)cc(C)c1Cl. The quantitative estimate of drug-likeness (QED) is 0.650. The van der Waals surface area contributed by atoms with E-state index < -0.39 is 0 Å². The first kappa shape index (κ1) is 17.3. The first-order chi connectivity index (χ1) is 11.0. The number of carbonyl (C=O) groups is 1. The summed E-state index contributed by atoms with van der Waals surface area (Å²) < 4.78 is 5.44. The Labute approximate surface area is 145 Å². The van der Waals surface area contributed by atoms with Gasteiger partial charge in [0.1, 0.15) is 5.75 Å². The Morgan fingerprint density at radius 1 is 1.22 bits per heavy atom. The van der Waals surface area contributed by atoms with Crippen molar-refractivity contribution in [3.63, 3.8) is 0 Å². The van der Waals surface area contributed by atoms with Gasteiger partial charge in [-0.3, -0.25) is 4.79 Å². The number of hydrogen-bond acceptors (Lipinski definition) is 3. The van der Waals surface area contributed by atoms with Gasteiger partial charge in [-0.2, -0.15) is 5.10 Å². The number of nitrogens with one attached hydrogen (secondary N) is 1. The highest BCUT2D eigenvalue weighted by Gasteiger charge is 2.06. The fourth-order valence-corrected chi connectivity index (χ4v) is 2.24. The average molecular weight is 351 g/mol. The van der Waals surface area contributed by atoms with E-state index in [4.69, 9.17) is 27.9 Å². The van der Waals surface area contributed by atoms with E-state index in [1.807, 2.05) is 19.9 Å². The lowest BCUT2D eigenvalue weighted by Crippen LogP contribution is -2.24. The Morgan fingerprint density at radius 2 is 1.91 bits per heavy atom. The summed E-state index contributed by atoms with van der Waals surface area (Å²) >= 11 is 11.9. The lowest BCUT2D eigenvalue weighted by molar-refractivity contribution is -0.123. The van der Waals surface area contributed by atoms with Gasteiger partial charge in [0.05, 0.1) is 6.21 Å². The molecule has 0 aliphatic carbocycles. The first-order valence-electron chi connectivity index (χ1n) is 6.92.